The second kappa shape index (κ2) is 7.85. The van der Waals surface area contributed by atoms with Crippen LogP contribution in [-0.2, 0) is 29.3 Å². The van der Waals surface area contributed by atoms with Gasteiger partial charge < -0.3 is 0 Å². The number of halogens is 1. The molecule has 150 valence electrons. The van der Waals surface area contributed by atoms with E-state index in [0.717, 1.165) is 29.8 Å². The molecule has 3 aromatic carbocycles. The van der Waals surface area contributed by atoms with Crippen LogP contribution < -0.4 is 4.31 Å². The molecule has 0 amide bonds. The molecule has 5 heteroatoms. The number of benzene rings is 3. The monoisotopic (exact) mass is 425 g/mol. The molecule has 0 saturated carbocycles. The van der Waals surface area contributed by atoms with E-state index < -0.39 is 10.0 Å². The van der Waals surface area contributed by atoms with Crippen molar-refractivity contribution in [2.45, 2.75) is 25.2 Å². The minimum absolute atomic E-state index is 0.208. The van der Waals surface area contributed by atoms with Gasteiger partial charge in [0.15, 0.2) is 0 Å². The van der Waals surface area contributed by atoms with Crippen molar-refractivity contribution in [3.8, 4) is 0 Å². The van der Waals surface area contributed by atoms with Gasteiger partial charge >= 0.3 is 0 Å². The normalized spacial score (nSPS) is 15.9. The third-order valence-corrected chi connectivity index (χ3v) is 7.23. The Morgan fingerprint density at radius 1 is 0.931 bits per heavy atom. The van der Waals surface area contributed by atoms with Gasteiger partial charge in [0, 0.05) is 18.0 Å². The molecule has 0 fully saturated rings. The highest BCUT2D eigenvalue weighted by Crippen LogP contribution is 2.38. The van der Waals surface area contributed by atoms with E-state index in [1.54, 1.807) is 7.05 Å². The Kier molecular flexibility index (Phi) is 5.41. The van der Waals surface area contributed by atoms with Gasteiger partial charge in [-0.3, -0.25) is 4.31 Å². The minimum Gasteiger partial charge on any atom is -0.274 e. The molecule has 0 bridgehead atoms. The van der Waals surface area contributed by atoms with Crippen LogP contribution in [0.2, 0.25) is 5.02 Å². The summed E-state index contributed by atoms with van der Waals surface area (Å²) in [6, 6.07) is 22.6. The quantitative estimate of drug-likeness (QED) is 0.575. The van der Waals surface area contributed by atoms with Gasteiger partial charge in [-0.05, 0) is 71.3 Å². The van der Waals surface area contributed by atoms with E-state index in [0.29, 0.717) is 5.69 Å². The summed E-state index contributed by atoms with van der Waals surface area (Å²) in [5, 5.41) is 0.769. The van der Waals surface area contributed by atoms with Gasteiger partial charge in [-0.2, -0.15) is 0 Å². The predicted octanol–water partition coefficient (Wildman–Crippen LogP) is 5.21. The summed E-state index contributed by atoms with van der Waals surface area (Å²) < 4.78 is 25.2. The second-order valence-corrected chi connectivity index (χ2v) is 10.1. The first-order valence-electron chi connectivity index (χ1n) is 9.72. The number of hydrogen-bond acceptors (Lipinski definition) is 2. The van der Waals surface area contributed by atoms with Crippen LogP contribution >= 0.6 is 11.6 Å². The van der Waals surface area contributed by atoms with Crippen molar-refractivity contribution < 1.29 is 8.42 Å². The topological polar surface area (TPSA) is 37.4 Å². The van der Waals surface area contributed by atoms with E-state index >= 15 is 0 Å². The summed E-state index contributed by atoms with van der Waals surface area (Å²) in [6.07, 6.45) is 4.00. The molecule has 1 aliphatic carbocycles. The van der Waals surface area contributed by atoms with Crippen molar-refractivity contribution in [2.24, 2.45) is 0 Å². The Morgan fingerprint density at radius 3 is 2.45 bits per heavy atom. The van der Waals surface area contributed by atoms with Gasteiger partial charge in [0.05, 0.1) is 11.9 Å². The van der Waals surface area contributed by atoms with Gasteiger partial charge in [0.1, 0.15) is 0 Å². The van der Waals surface area contributed by atoms with Crippen LogP contribution in [0.15, 0.2) is 66.7 Å². The molecule has 1 atom stereocenters. The maximum atomic E-state index is 12.0. The van der Waals surface area contributed by atoms with E-state index in [1.807, 2.05) is 24.3 Å². The van der Waals surface area contributed by atoms with E-state index in [4.69, 9.17) is 11.6 Å². The van der Waals surface area contributed by atoms with Gasteiger partial charge in [0.25, 0.3) is 0 Å². The van der Waals surface area contributed by atoms with Crippen molar-refractivity contribution in [1.29, 1.82) is 0 Å². The third-order valence-electron chi connectivity index (χ3n) is 5.79. The van der Waals surface area contributed by atoms with Crippen LogP contribution in [0.4, 0.5) is 5.69 Å². The molecule has 0 N–H and O–H groups in total. The average Bonchev–Trinajstić information content (AvgIpc) is 2.84. The summed E-state index contributed by atoms with van der Waals surface area (Å²) in [5.41, 5.74) is 7.11. The fourth-order valence-corrected chi connectivity index (χ4v) is 4.89. The summed E-state index contributed by atoms with van der Waals surface area (Å²) >= 11 is 6.29. The van der Waals surface area contributed by atoms with Crippen molar-refractivity contribution in [1.82, 2.24) is 0 Å². The summed E-state index contributed by atoms with van der Waals surface area (Å²) in [5.74, 6) is 0.208. The van der Waals surface area contributed by atoms with E-state index in [2.05, 4.69) is 42.5 Å². The lowest BCUT2D eigenvalue weighted by Crippen LogP contribution is -2.24. The van der Waals surface area contributed by atoms with E-state index in [9.17, 15) is 8.42 Å². The SMILES string of the molecule is CN(c1cccc(CC2c3ccccc3CCc3cc(Cl)ccc32)c1)S(C)(=O)=O. The fourth-order valence-electron chi connectivity index (χ4n) is 4.20. The number of aryl methyl sites for hydroxylation is 2. The molecule has 0 aromatic heterocycles. The van der Waals surface area contributed by atoms with Crippen molar-refractivity contribution >= 4 is 27.3 Å². The van der Waals surface area contributed by atoms with Gasteiger partial charge in [-0.25, -0.2) is 8.42 Å². The molecule has 3 nitrogen and oxygen atoms in total. The van der Waals surface area contributed by atoms with Crippen LogP contribution in [0.5, 0.6) is 0 Å². The van der Waals surface area contributed by atoms with Crippen LogP contribution in [-0.4, -0.2) is 21.7 Å². The molecule has 0 saturated heterocycles. The lowest BCUT2D eigenvalue weighted by molar-refractivity contribution is 0.600. The number of sulfonamides is 1. The van der Waals surface area contributed by atoms with E-state index in [1.165, 1.54) is 32.8 Å². The maximum absolute atomic E-state index is 12.0. The van der Waals surface area contributed by atoms with Crippen molar-refractivity contribution in [3.05, 3.63) is 99.6 Å². The Labute approximate surface area is 178 Å². The molecule has 3 aromatic rings. The first-order valence-corrected chi connectivity index (χ1v) is 11.9. The zero-order chi connectivity index (χ0) is 20.6. The predicted molar refractivity (Wildman–Crippen MR) is 121 cm³/mol. The van der Waals surface area contributed by atoms with Crippen molar-refractivity contribution in [2.75, 3.05) is 17.6 Å². The van der Waals surface area contributed by atoms with Crippen LogP contribution in [0.3, 0.4) is 0 Å². The molecule has 0 spiro atoms. The fraction of sp³-hybridized carbons (Fsp3) is 0.250. The Morgan fingerprint density at radius 2 is 1.66 bits per heavy atom. The average molecular weight is 426 g/mol. The van der Waals surface area contributed by atoms with Gasteiger partial charge in [-0.1, -0.05) is 54.1 Å². The first kappa shape index (κ1) is 20.0. The highest BCUT2D eigenvalue weighted by Gasteiger charge is 2.24. The van der Waals surface area contributed by atoms with Gasteiger partial charge in [-0.15, -0.1) is 0 Å². The molecule has 1 unspecified atom stereocenters. The Balaban J connectivity index is 1.77. The summed E-state index contributed by atoms with van der Waals surface area (Å²) in [6.45, 7) is 0. The molecule has 4 rings (SSSR count). The van der Waals surface area contributed by atoms with E-state index in [-0.39, 0.29) is 5.92 Å². The standard InChI is InChI=1S/C24H24ClNO2S/c1-26(29(2,27)28)21-8-5-6-17(14-21)15-24-22-9-4-3-7-18(22)10-11-19-16-20(25)12-13-23(19)24/h3-9,12-14,16,24H,10-11,15H2,1-2H3. The van der Waals surface area contributed by atoms with Crippen molar-refractivity contribution in [3.63, 3.8) is 0 Å². The Bertz CT molecular complexity index is 1160. The highest BCUT2D eigenvalue weighted by molar-refractivity contribution is 7.92. The number of rotatable bonds is 4. The molecule has 29 heavy (non-hydrogen) atoms. The zero-order valence-electron chi connectivity index (χ0n) is 16.6. The number of hydrogen-bond donors (Lipinski definition) is 0. The molecular formula is C24H24ClNO2S. The van der Waals surface area contributed by atoms with Crippen LogP contribution in [0.25, 0.3) is 0 Å². The molecular weight excluding hydrogens is 402 g/mol. The molecule has 0 aliphatic heterocycles. The van der Waals surface area contributed by atoms with Crippen LogP contribution in [0, 0.1) is 0 Å². The highest BCUT2D eigenvalue weighted by atomic mass is 35.5. The van der Waals surface area contributed by atoms with Gasteiger partial charge in [0.2, 0.25) is 10.0 Å². The number of anilines is 1. The summed E-state index contributed by atoms with van der Waals surface area (Å²) in [4.78, 5) is 0. The second-order valence-electron chi connectivity index (χ2n) is 7.70. The number of nitrogens with zero attached hydrogens (tertiary/aromatic N) is 1. The lowest BCUT2D eigenvalue weighted by Gasteiger charge is -2.22. The number of fused-ring (bicyclic) bond motifs is 2. The Hall–Kier alpha value is -2.30. The lowest BCUT2D eigenvalue weighted by atomic mass is 9.83. The summed E-state index contributed by atoms with van der Waals surface area (Å²) in [7, 11) is -1.70. The largest absolute Gasteiger partial charge is 0.274 e. The zero-order valence-corrected chi connectivity index (χ0v) is 18.2. The minimum atomic E-state index is -3.29. The molecule has 0 heterocycles. The smallest absolute Gasteiger partial charge is 0.231 e. The van der Waals surface area contributed by atoms with Crippen LogP contribution in [0.1, 0.15) is 33.7 Å². The maximum Gasteiger partial charge on any atom is 0.231 e. The third kappa shape index (κ3) is 4.19. The molecule has 0 radical (unpaired) electrons. The first-order chi connectivity index (χ1) is 13.8. The molecule has 1 aliphatic rings.